The predicted molar refractivity (Wildman–Crippen MR) is 68.3 cm³/mol. The molecule has 1 aliphatic rings. The lowest BCUT2D eigenvalue weighted by atomic mass is 10.2. The van der Waals surface area contributed by atoms with Gasteiger partial charge in [-0.05, 0) is 6.04 Å². The van der Waals surface area contributed by atoms with Crippen molar-refractivity contribution in [2.45, 2.75) is 31.8 Å². The Morgan fingerprint density at radius 1 is 1.29 bits per heavy atom. The molecule has 1 N–H and O–H groups in total. The minimum atomic E-state index is -1.30. The van der Waals surface area contributed by atoms with E-state index in [9.17, 15) is 5.11 Å². The number of hydrogen-bond donors (Lipinski definition) is 1. The van der Waals surface area contributed by atoms with E-state index in [1.165, 1.54) is 0 Å². The first-order valence-electron chi connectivity index (χ1n) is 5.89. The molecule has 1 atom stereocenters. The lowest BCUT2D eigenvalue weighted by Gasteiger charge is -2.22. The Kier molecular flexibility index (Phi) is 3.39. The Hall–Kier alpha value is -1.07. The van der Waals surface area contributed by atoms with E-state index in [0.717, 1.165) is 6.04 Å². The first-order valence-corrected chi connectivity index (χ1v) is 9.60. The fourth-order valence-electron chi connectivity index (χ4n) is 1.83. The van der Waals surface area contributed by atoms with Crippen molar-refractivity contribution in [2.75, 3.05) is 13.2 Å². The Bertz CT molecular complexity index is 403. The zero-order chi connectivity index (χ0) is 12.5. The standard InChI is InChI=1S/C12H19NO3Si/c1-17(2,3)8-10(14)9-6-11-12(7-13-9)16-5-4-15-11/h6-7,10,14H,4-5,8H2,1-3H3. The average molecular weight is 253 g/mol. The molecule has 0 saturated heterocycles. The molecule has 4 nitrogen and oxygen atoms in total. The van der Waals surface area contributed by atoms with E-state index in [2.05, 4.69) is 24.6 Å². The molecule has 0 aromatic carbocycles. The molecule has 1 unspecified atom stereocenters. The molecule has 0 bridgehead atoms. The van der Waals surface area contributed by atoms with Gasteiger partial charge >= 0.3 is 0 Å². The third kappa shape index (κ3) is 3.20. The van der Waals surface area contributed by atoms with Gasteiger partial charge < -0.3 is 14.6 Å². The van der Waals surface area contributed by atoms with Gasteiger partial charge in [-0.2, -0.15) is 0 Å². The van der Waals surface area contributed by atoms with Crippen LogP contribution in [0.5, 0.6) is 11.5 Å². The quantitative estimate of drug-likeness (QED) is 0.839. The summed E-state index contributed by atoms with van der Waals surface area (Å²) in [6.07, 6.45) is 1.13. The number of ether oxygens (including phenoxy) is 2. The highest BCUT2D eigenvalue weighted by Crippen LogP contribution is 2.32. The molecule has 0 radical (unpaired) electrons. The third-order valence-electron chi connectivity index (χ3n) is 2.60. The summed E-state index contributed by atoms with van der Waals surface area (Å²) < 4.78 is 10.9. The van der Waals surface area contributed by atoms with Crippen molar-refractivity contribution in [1.82, 2.24) is 4.98 Å². The molecule has 1 aliphatic heterocycles. The van der Waals surface area contributed by atoms with Crippen LogP contribution < -0.4 is 9.47 Å². The average Bonchev–Trinajstić information content (AvgIpc) is 2.26. The number of aromatic nitrogens is 1. The normalized spacial score (nSPS) is 16.7. The van der Waals surface area contributed by atoms with Gasteiger partial charge in [-0.25, -0.2) is 0 Å². The number of pyridine rings is 1. The summed E-state index contributed by atoms with van der Waals surface area (Å²) in [5, 5.41) is 10.1. The third-order valence-corrected chi connectivity index (χ3v) is 4.21. The molecule has 0 saturated carbocycles. The van der Waals surface area contributed by atoms with Crippen LogP contribution in [0.25, 0.3) is 0 Å². The Labute approximate surface area is 103 Å². The lowest BCUT2D eigenvalue weighted by Crippen LogP contribution is -2.23. The summed E-state index contributed by atoms with van der Waals surface area (Å²) >= 11 is 0. The van der Waals surface area contributed by atoms with Crippen LogP contribution in [0.15, 0.2) is 12.3 Å². The van der Waals surface area contributed by atoms with Crippen molar-refractivity contribution < 1.29 is 14.6 Å². The molecule has 2 heterocycles. The molecule has 0 aliphatic carbocycles. The molecular formula is C12H19NO3Si. The van der Waals surface area contributed by atoms with E-state index in [-0.39, 0.29) is 0 Å². The van der Waals surface area contributed by atoms with Crippen LogP contribution in [0.1, 0.15) is 11.8 Å². The van der Waals surface area contributed by atoms with Crippen molar-refractivity contribution in [3.63, 3.8) is 0 Å². The van der Waals surface area contributed by atoms with Crippen LogP contribution in [-0.4, -0.2) is 31.4 Å². The van der Waals surface area contributed by atoms with E-state index in [0.29, 0.717) is 30.4 Å². The van der Waals surface area contributed by atoms with Crippen LogP contribution in [0.3, 0.4) is 0 Å². The molecule has 17 heavy (non-hydrogen) atoms. The van der Waals surface area contributed by atoms with E-state index in [4.69, 9.17) is 9.47 Å². The van der Waals surface area contributed by atoms with Gasteiger partial charge in [-0.15, -0.1) is 0 Å². The number of nitrogens with zero attached hydrogens (tertiary/aromatic N) is 1. The highest BCUT2D eigenvalue weighted by atomic mass is 28.3. The van der Waals surface area contributed by atoms with Gasteiger partial charge in [0.05, 0.1) is 18.0 Å². The van der Waals surface area contributed by atoms with Crippen LogP contribution in [0.4, 0.5) is 0 Å². The number of fused-ring (bicyclic) bond motifs is 1. The monoisotopic (exact) mass is 253 g/mol. The molecule has 1 aromatic rings. The van der Waals surface area contributed by atoms with Gasteiger partial charge in [0.2, 0.25) is 0 Å². The van der Waals surface area contributed by atoms with Crippen LogP contribution in [0, 0.1) is 0 Å². The van der Waals surface area contributed by atoms with Crippen LogP contribution >= 0.6 is 0 Å². The highest BCUT2D eigenvalue weighted by Gasteiger charge is 2.22. The lowest BCUT2D eigenvalue weighted by molar-refractivity contribution is 0.165. The Morgan fingerprint density at radius 3 is 2.59 bits per heavy atom. The highest BCUT2D eigenvalue weighted by molar-refractivity contribution is 6.76. The zero-order valence-electron chi connectivity index (χ0n) is 10.6. The Morgan fingerprint density at radius 2 is 1.94 bits per heavy atom. The number of hydrogen-bond acceptors (Lipinski definition) is 4. The van der Waals surface area contributed by atoms with Crippen molar-refractivity contribution in [3.8, 4) is 11.5 Å². The maximum Gasteiger partial charge on any atom is 0.179 e. The maximum atomic E-state index is 10.1. The van der Waals surface area contributed by atoms with Gasteiger partial charge in [-0.1, -0.05) is 19.6 Å². The van der Waals surface area contributed by atoms with Crippen LogP contribution in [-0.2, 0) is 0 Å². The summed E-state index contributed by atoms with van der Waals surface area (Å²) in [7, 11) is -1.30. The number of aliphatic hydroxyl groups excluding tert-OH is 1. The zero-order valence-corrected chi connectivity index (χ0v) is 11.6. The van der Waals surface area contributed by atoms with E-state index >= 15 is 0 Å². The smallest absolute Gasteiger partial charge is 0.179 e. The maximum absolute atomic E-state index is 10.1. The second-order valence-corrected chi connectivity index (χ2v) is 11.1. The number of rotatable bonds is 3. The molecule has 2 rings (SSSR count). The van der Waals surface area contributed by atoms with Crippen molar-refractivity contribution >= 4 is 8.07 Å². The fraction of sp³-hybridized carbons (Fsp3) is 0.583. The SMILES string of the molecule is C[Si](C)(C)CC(O)c1cc2c(cn1)OCCO2. The minimum Gasteiger partial charge on any atom is -0.486 e. The van der Waals surface area contributed by atoms with E-state index in [1.54, 1.807) is 12.3 Å². The molecule has 1 aromatic heterocycles. The molecule has 0 spiro atoms. The van der Waals surface area contributed by atoms with Gasteiger partial charge in [-0.3, -0.25) is 4.98 Å². The first-order chi connectivity index (χ1) is 7.96. The fourth-order valence-corrected chi connectivity index (χ4v) is 3.20. The molecule has 0 amide bonds. The minimum absolute atomic E-state index is 0.502. The summed E-state index contributed by atoms with van der Waals surface area (Å²) in [5.41, 5.74) is 0.677. The van der Waals surface area contributed by atoms with Gasteiger partial charge in [0, 0.05) is 14.1 Å². The van der Waals surface area contributed by atoms with Crippen molar-refractivity contribution in [2.24, 2.45) is 0 Å². The summed E-state index contributed by atoms with van der Waals surface area (Å²) in [5.74, 6) is 1.36. The second-order valence-electron chi connectivity index (χ2n) is 5.53. The topological polar surface area (TPSA) is 51.6 Å². The molecular weight excluding hydrogens is 234 g/mol. The van der Waals surface area contributed by atoms with Crippen molar-refractivity contribution in [1.29, 1.82) is 0 Å². The van der Waals surface area contributed by atoms with Gasteiger partial charge in [0.15, 0.2) is 11.5 Å². The number of aliphatic hydroxyl groups is 1. The summed E-state index contributed by atoms with van der Waals surface area (Å²) in [6, 6.07) is 2.60. The molecule has 0 fully saturated rings. The summed E-state index contributed by atoms with van der Waals surface area (Å²) in [4.78, 5) is 4.24. The van der Waals surface area contributed by atoms with Crippen LogP contribution in [0.2, 0.25) is 25.7 Å². The first kappa shape index (κ1) is 12.4. The summed E-state index contributed by atoms with van der Waals surface area (Å²) in [6.45, 7) is 7.81. The Balaban J connectivity index is 2.16. The van der Waals surface area contributed by atoms with E-state index in [1.807, 2.05) is 0 Å². The largest absolute Gasteiger partial charge is 0.486 e. The molecule has 5 heteroatoms. The van der Waals surface area contributed by atoms with Gasteiger partial charge in [0.25, 0.3) is 0 Å². The predicted octanol–water partition coefficient (Wildman–Crippen LogP) is 2.22. The van der Waals surface area contributed by atoms with Crippen molar-refractivity contribution in [3.05, 3.63) is 18.0 Å². The molecule has 94 valence electrons. The van der Waals surface area contributed by atoms with E-state index < -0.39 is 14.2 Å². The van der Waals surface area contributed by atoms with Gasteiger partial charge in [0.1, 0.15) is 13.2 Å². The second kappa shape index (κ2) is 4.66.